The minimum Gasteiger partial charge on any atom is -0.494 e. The Morgan fingerprint density at radius 1 is 1.33 bits per heavy atom. The molecule has 1 saturated carbocycles. The SMILES string of the molecule is C=C(OC)C(=O)C1CCCCC1. The van der Waals surface area contributed by atoms with Gasteiger partial charge in [0, 0.05) is 5.92 Å². The standard InChI is InChI=1S/C10H16O2/c1-8(12-2)10(11)9-6-4-3-5-7-9/h9H,1,3-7H2,2H3. The maximum atomic E-state index is 11.5. The van der Waals surface area contributed by atoms with Crippen LogP contribution in [-0.4, -0.2) is 12.9 Å². The molecule has 2 heteroatoms. The second-order valence-electron chi connectivity index (χ2n) is 3.33. The fraction of sp³-hybridized carbons (Fsp3) is 0.700. The van der Waals surface area contributed by atoms with Crippen LogP contribution in [0.4, 0.5) is 0 Å². The molecule has 0 saturated heterocycles. The molecule has 1 aliphatic rings. The predicted octanol–water partition coefficient (Wildman–Crippen LogP) is 2.30. The van der Waals surface area contributed by atoms with Gasteiger partial charge in [0.1, 0.15) is 0 Å². The third kappa shape index (κ3) is 2.10. The van der Waals surface area contributed by atoms with E-state index in [0.29, 0.717) is 5.76 Å². The Morgan fingerprint density at radius 3 is 2.42 bits per heavy atom. The first-order valence-electron chi connectivity index (χ1n) is 4.53. The zero-order valence-electron chi connectivity index (χ0n) is 7.64. The van der Waals surface area contributed by atoms with Gasteiger partial charge in [0.15, 0.2) is 11.5 Å². The van der Waals surface area contributed by atoms with Gasteiger partial charge in [-0.1, -0.05) is 25.8 Å². The number of carbonyl (C=O) groups is 1. The Balaban J connectivity index is 2.45. The molecule has 0 radical (unpaired) electrons. The van der Waals surface area contributed by atoms with Crippen molar-refractivity contribution in [2.45, 2.75) is 32.1 Å². The molecule has 1 aliphatic carbocycles. The van der Waals surface area contributed by atoms with Crippen molar-refractivity contribution in [2.75, 3.05) is 7.11 Å². The Morgan fingerprint density at radius 2 is 1.92 bits per heavy atom. The molecule has 0 unspecified atom stereocenters. The van der Waals surface area contributed by atoms with Gasteiger partial charge in [-0.15, -0.1) is 0 Å². The van der Waals surface area contributed by atoms with E-state index in [1.165, 1.54) is 26.4 Å². The summed E-state index contributed by atoms with van der Waals surface area (Å²) in [6.07, 6.45) is 5.65. The molecule has 0 aliphatic heterocycles. The van der Waals surface area contributed by atoms with Gasteiger partial charge in [-0.3, -0.25) is 4.79 Å². The molecule has 0 N–H and O–H groups in total. The zero-order chi connectivity index (χ0) is 8.97. The molecule has 0 bridgehead atoms. The fourth-order valence-corrected chi connectivity index (χ4v) is 1.69. The third-order valence-electron chi connectivity index (χ3n) is 2.50. The molecular weight excluding hydrogens is 152 g/mol. The minimum atomic E-state index is 0.109. The smallest absolute Gasteiger partial charge is 0.199 e. The monoisotopic (exact) mass is 168 g/mol. The quantitative estimate of drug-likeness (QED) is 0.477. The summed E-state index contributed by atoms with van der Waals surface area (Å²) >= 11 is 0. The number of methoxy groups -OCH3 is 1. The molecule has 0 aromatic rings. The van der Waals surface area contributed by atoms with Gasteiger partial charge in [0.05, 0.1) is 7.11 Å². The summed E-state index contributed by atoms with van der Waals surface area (Å²) in [4.78, 5) is 11.5. The number of ketones is 1. The molecule has 1 fully saturated rings. The van der Waals surface area contributed by atoms with Crippen LogP contribution in [0.5, 0.6) is 0 Å². The number of ether oxygens (including phenoxy) is 1. The molecule has 12 heavy (non-hydrogen) atoms. The Bertz CT molecular complexity index is 178. The Hall–Kier alpha value is -0.790. The van der Waals surface area contributed by atoms with Crippen molar-refractivity contribution in [3.8, 4) is 0 Å². The van der Waals surface area contributed by atoms with E-state index in [4.69, 9.17) is 4.74 Å². The summed E-state index contributed by atoms with van der Waals surface area (Å²) in [5.74, 6) is 0.616. The Labute approximate surface area is 73.6 Å². The lowest BCUT2D eigenvalue weighted by molar-refractivity contribution is -0.123. The lowest BCUT2D eigenvalue weighted by Gasteiger charge is -2.20. The van der Waals surface area contributed by atoms with E-state index in [2.05, 4.69) is 6.58 Å². The summed E-state index contributed by atoms with van der Waals surface area (Å²) in [5, 5.41) is 0. The van der Waals surface area contributed by atoms with Crippen molar-refractivity contribution in [3.05, 3.63) is 12.3 Å². The summed E-state index contributed by atoms with van der Waals surface area (Å²) in [7, 11) is 1.50. The van der Waals surface area contributed by atoms with Crippen LogP contribution in [-0.2, 0) is 9.53 Å². The number of rotatable bonds is 3. The number of carbonyl (C=O) groups excluding carboxylic acids is 1. The molecular formula is C10H16O2. The van der Waals surface area contributed by atoms with Crippen LogP contribution in [0.1, 0.15) is 32.1 Å². The maximum Gasteiger partial charge on any atom is 0.199 e. The molecule has 2 nitrogen and oxygen atoms in total. The molecule has 0 aromatic carbocycles. The van der Waals surface area contributed by atoms with Gasteiger partial charge >= 0.3 is 0 Å². The predicted molar refractivity (Wildman–Crippen MR) is 47.7 cm³/mol. The van der Waals surface area contributed by atoms with Gasteiger partial charge in [0.2, 0.25) is 0 Å². The van der Waals surface area contributed by atoms with E-state index in [0.717, 1.165) is 12.8 Å². The summed E-state index contributed by atoms with van der Waals surface area (Å²) in [6.45, 7) is 3.58. The van der Waals surface area contributed by atoms with Crippen LogP contribution >= 0.6 is 0 Å². The second kappa shape index (κ2) is 4.29. The minimum absolute atomic E-state index is 0.109. The molecule has 0 heterocycles. The van der Waals surface area contributed by atoms with Crippen molar-refractivity contribution in [1.82, 2.24) is 0 Å². The topological polar surface area (TPSA) is 26.3 Å². The first-order chi connectivity index (χ1) is 5.75. The lowest BCUT2D eigenvalue weighted by Crippen LogP contribution is -2.19. The van der Waals surface area contributed by atoms with Crippen LogP contribution in [0, 0.1) is 5.92 Å². The number of hydrogen-bond acceptors (Lipinski definition) is 2. The highest BCUT2D eigenvalue weighted by Gasteiger charge is 2.23. The molecule has 68 valence electrons. The van der Waals surface area contributed by atoms with Gasteiger partial charge < -0.3 is 4.74 Å². The molecule has 0 amide bonds. The summed E-state index contributed by atoms with van der Waals surface area (Å²) in [5.41, 5.74) is 0. The van der Waals surface area contributed by atoms with Crippen molar-refractivity contribution in [1.29, 1.82) is 0 Å². The third-order valence-corrected chi connectivity index (χ3v) is 2.50. The number of Topliss-reactive ketones (excluding diaryl/α,β-unsaturated/α-hetero) is 1. The van der Waals surface area contributed by atoms with E-state index < -0.39 is 0 Å². The lowest BCUT2D eigenvalue weighted by atomic mass is 9.86. The molecule has 0 aromatic heterocycles. The second-order valence-corrected chi connectivity index (χ2v) is 3.33. The molecule has 0 spiro atoms. The first-order valence-corrected chi connectivity index (χ1v) is 4.53. The maximum absolute atomic E-state index is 11.5. The molecule has 0 atom stereocenters. The van der Waals surface area contributed by atoms with E-state index in [1.54, 1.807) is 0 Å². The molecule has 1 rings (SSSR count). The normalized spacial score (nSPS) is 18.8. The highest BCUT2D eigenvalue weighted by molar-refractivity contribution is 5.94. The zero-order valence-corrected chi connectivity index (χ0v) is 7.64. The van der Waals surface area contributed by atoms with Gasteiger partial charge in [0.25, 0.3) is 0 Å². The fourth-order valence-electron chi connectivity index (χ4n) is 1.69. The van der Waals surface area contributed by atoms with E-state index in [9.17, 15) is 4.79 Å². The van der Waals surface area contributed by atoms with Crippen LogP contribution in [0.25, 0.3) is 0 Å². The van der Waals surface area contributed by atoms with E-state index in [-0.39, 0.29) is 11.7 Å². The van der Waals surface area contributed by atoms with Crippen LogP contribution < -0.4 is 0 Å². The van der Waals surface area contributed by atoms with Crippen molar-refractivity contribution >= 4 is 5.78 Å². The van der Waals surface area contributed by atoms with Gasteiger partial charge in [-0.25, -0.2) is 0 Å². The van der Waals surface area contributed by atoms with Gasteiger partial charge in [-0.2, -0.15) is 0 Å². The van der Waals surface area contributed by atoms with Crippen LogP contribution in [0.3, 0.4) is 0 Å². The van der Waals surface area contributed by atoms with Crippen LogP contribution in [0.15, 0.2) is 12.3 Å². The van der Waals surface area contributed by atoms with E-state index >= 15 is 0 Å². The highest BCUT2D eigenvalue weighted by atomic mass is 16.5. The largest absolute Gasteiger partial charge is 0.494 e. The van der Waals surface area contributed by atoms with E-state index in [1.807, 2.05) is 0 Å². The van der Waals surface area contributed by atoms with Crippen LogP contribution in [0.2, 0.25) is 0 Å². The first kappa shape index (κ1) is 9.30. The van der Waals surface area contributed by atoms with Crippen molar-refractivity contribution in [3.63, 3.8) is 0 Å². The van der Waals surface area contributed by atoms with Gasteiger partial charge in [-0.05, 0) is 12.8 Å². The number of allylic oxidation sites excluding steroid dienone is 1. The highest BCUT2D eigenvalue weighted by Crippen LogP contribution is 2.26. The average molecular weight is 168 g/mol. The van der Waals surface area contributed by atoms with Crippen molar-refractivity contribution < 1.29 is 9.53 Å². The van der Waals surface area contributed by atoms with Crippen molar-refractivity contribution in [2.24, 2.45) is 5.92 Å². The summed E-state index contributed by atoms with van der Waals surface area (Å²) in [6, 6.07) is 0. The number of hydrogen-bond donors (Lipinski definition) is 0. The average Bonchev–Trinajstić information content (AvgIpc) is 2.17. The summed E-state index contributed by atoms with van der Waals surface area (Å²) < 4.78 is 4.82. The Kier molecular flexibility index (Phi) is 3.32.